The molecule has 0 saturated carbocycles. The van der Waals surface area contributed by atoms with Gasteiger partial charge in [-0.1, -0.05) is 47.6 Å². The second-order valence-corrected chi connectivity index (χ2v) is 6.34. The molecule has 0 aliphatic rings. The zero-order valence-electron chi connectivity index (χ0n) is 17.0. The smallest absolute Gasteiger partial charge is 0.265 e. The first-order valence-corrected chi connectivity index (χ1v) is 9.61. The number of methoxy groups -OCH3 is 1. The molecule has 3 aromatic rings. The molecule has 0 aliphatic carbocycles. The average Bonchev–Trinajstić information content (AvgIpc) is 2.79. The molecule has 3 aromatic carbocycles. The van der Waals surface area contributed by atoms with Crippen LogP contribution in [0.2, 0.25) is 0 Å². The molecule has 3 rings (SSSR count). The van der Waals surface area contributed by atoms with Crippen molar-refractivity contribution in [1.29, 1.82) is 0 Å². The standard InChI is InChI=1S/C24H24N2O4/c1-3-29-22-14-9-18(15-23(22)28-2)16-25-30-17-24(27)26-21-12-10-20(11-13-21)19-7-5-4-6-8-19/h4-16H,3,17H2,1-2H3,(H,26,27)/b25-16+. The number of carbonyl (C=O) groups excluding carboxylic acids is 1. The minimum absolute atomic E-state index is 0.189. The molecule has 0 unspecified atom stereocenters. The molecule has 1 amide bonds. The summed E-state index contributed by atoms with van der Waals surface area (Å²) in [5, 5.41) is 6.63. The molecule has 0 radical (unpaired) electrons. The van der Waals surface area contributed by atoms with Crippen LogP contribution >= 0.6 is 0 Å². The van der Waals surface area contributed by atoms with Gasteiger partial charge in [0.2, 0.25) is 0 Å². The van der Waals surface area contributed by atoms with Gasteiger partial charge in [0.25, 0.3) is 5.91 Å². The molecule has 0 fully saturated rings. The molecular weight excluding hydrogens is 380 g/mol. The fourth-order valence-corrected chi connectivity index (χ4v) is 2.81. The zero-order valence-corrected chi connectivity index (χ0v) is 17.0. The van der Waals surface area contributed by atoms with E-state index in [0.717, 1.165) is 16.7 Å². The Morgan fingerprint density at radius 3 is 2.40 bits per heavy atom. The van der Waals surface area contributed by atoms with Crippen molar-refractivity contribution in [3.63, 3.8) is 0 Å². The van der Waals surface area contributed by atoms with E-state index in [-0.39, 0.29) is 12.5 Å². The predicted molar refractivity (Wildman–Crippen MR) is 118 cm³/mol. The van der Waals surface area contributed by atoms with E-state index >= 15 is 0 Å². The van der Waals surface area contributed by atoms with Gasteiger partial charge in [-0.05, 0) is 48.4 Å². The van der Waals surface area contributed by atoms with Gasteiger partial charge in [-0.2, -0.15) is 0 Å². The molecule has 1 N–H and O–H groups in total. The van der Waals surface area contributed by atoms with Crippen molar-refractivity contribution in [1.82, 2.24) is 0 Å². The van der Waals surface area contributed by atoms with Gasteiger partial charge in [0, 0.05) is 11.3 Å². The van der Waals surface area contributed by atoms with Gasteiger partial charge in [0.1, 0.15) is 0 Å². The highest BCUT2D eigenvalue weighted by atomic mass is 16.6. The van der Waals surface area contributed by atoms with E-state index in [9.17, 15) is 4.79 Å². The third kappa shape index (κ3) is 5.85. The minimum atomic E-state index is -0.288. The van der Waals surface area contributed by atoms with Crippen LogP contribution in [0.3, 0.4) is 0 Å². The number of ether oxygens (including phenoxy) is 2. The van der Waals surface area contributed by atoms with Gasteiger partial charge in [-0.15, -0.1) is 0 Å². The van der Waals surface area contributed by atoms with Gasteiger partial charge in [-0.25, -0.2) is 0 Å². The number of carbonyl (C=O) groups is 1. The van der Waals surface area contributed by atoms with Crippen LogP contribution in [0, 0.1) is 0 Å². The minimum Gasteiger partial charge on any atom is -0.493 e. The largest absolute Gasteiger partial charge is 0.493 e. The van der Waals surface area contributed by atoms with Crippen molar-refractivity contribution in [2.75, 3.05) is 25.6 Å². The van der Waals surface area contributed by atoms with Crippen molar-refractivity contribution in [3.05, 3.63) is 78.4 Å². The Morgan fingerprint density at radius 1 is 0.967 bits per heavy atom. The maximum Gasteiger partial charge on any atom is 0.265 e. The Hall–Kier alpha value is -3.80. The third-order valence-electron chi connectivity index (χ3n) is 4.24. The van der Waals surface area contributed by atoms with Gasteiger partial charge >= 0.3 is 0 Å². The summed E-state index contributed by atoms with van der Waals surface area (Å²) < 4.78 is 10.8. The number of oxime groups is 1. The summed E-state index contributed by atoms with van der Waals surface area (Å²) in [7, 11) is 1.58. The first-order valence-electron chi connectivity index (χ1n) is 9.61. The molecule has 6 heteroatoms. The van der Waals surface area contributed by atoms with E-state index in [4.69, 9.17) is 14.3 Å². The number of nitrogens with zero attached hydrogens (tertiary/aromatic N) is 1. The summed E-state index contributed by atoms with van der Waals surface area (Å²) in [5.74, 6) is 0.983. The summed E-state index contributed by atoms with van der Waals surface area (Å²) in [6.07, 6.45) is 1.51. The lowest BCUT2D eigenvalue weighted by molar-refractivity contribution is -0.120. The number of amides is 1. The number of nitrogens with one attached hydrogen (secondary N) is 1. The quantitative estimate of drug-likeness (QED) is 0.413. The molecule has 0 atom stereocenters. The highest BCUT2D eigenvalue weighted by molar-refractivity contribution is 5.92. The SMILES string of the molecule is CCOc1ccc(/C=N/OCC(=O)Nc2ccc(-c3ccccc3)cc2)cc1OC. The Morgan fingerprint density at radius 2 is 1.70 bits per heavy atom. The molecule has 30 heavy (non-hydrogen) atoms. The van der Waals surface area contributed by atoms with Gasteiger partial charge in [0.05, 0.1) is 19.9 Å². The van der Waals surface area contributed by atoms with E-state index in [1.54, 1.807) is 19.2 Å². The lowest BCUT2D eigenvalue weighted by Gasteiger charge is -2.09. The number of anilines is 1. The van der Waals surface area contributed by atoms with Crippen molar-refractivity contribution in [2.24, 2.45) is 5.16 Å². The molecule has 154 valence electrons. The number of rotatable bonds is 9. The highest BCUT2D eigenvalue weighted by Crippen LogP contribution is 2.27. The number of hydrogen-bond acceptors (Lipinski definition) is 5. The fourth-order valence-electron chi connectivity index (χ4n) is 2.81. The molecule has 0 saturated heterocycles. The van der Waals surface area contributed by atoms with Crippen LogP contribution in [0.1, 0.15) is 12.5 Å². The predicted octanol–water partition coefficient (Wildman–Crippen LogP) is 4.75. The van der Waals surface area contributed by atoms with Crippen LogP contribution in [0.5, 0.6) is 11.5 Å². The van der Waals surface area contributed by atoms with E-state index in [1.807, 2.05) is 67.6 Å². The number of hydrogen-bond donors (Lipinski definition) is 1. The first kappa shape index (κ1) is 20.9. The topological polar surface area (TPSA) is 69.2 Å². The summed E-state index contributed by atoms with van der Waals surface area (Å²) in [5.41, 5.74) is 3.68. The van der Waals surface area contributed by atoms with E-state index in [2.05, 4.69) is 10.5 Å². The summed E-state index contributed by atoms with van der Waals surface area (Å²) in [4.78, 5) is 17.2. The van der Waals surface area contributed by atoms with Crippen molar-refractivity contribution >= 4 is 17.8 Å². The lowest BCUT2D eigenvalue weighted by Crippen LogP contribution is -2.16. The van der Waals surface area contributed by atoms with E-state index < -0.39 is 0 Å². The van der Waals surface area contributed by atoms with Crippen molar-refractivity contribution < 1.29 is 19.1 Å². The van der Waals surface area contributed by atoms with Crippen LogP contribution in [-0.2, 0) is 9.63 Å². The molecule has 0 spiro atoms. The molecule has 0 bridgehead atoms. The average molecular weight is 404 g/mol. The summed E-state index contributed by atoms with van der Waals surface area (Å²) in [6, 6.07) is 23.1. The van der Waals surface area contributed by atoms with E-state index in [1.165, 1.54) is 6.21 Å². The zero-order chi connectivity index (χ0) is 21.2. The van der Waals surface area contributed by atoms with Crippen LogP contribution in [-0.4, -0.2) is 32.4 Å². The molecule has 0 heterocycles. The fraction of sp³-hybridized carbons (Fsp3) is 0.167. The molecule has 6 nitrogen and oxygen atoms in total. The highest BCUT2D eigenvalue weighted by Gasteiger charge is 2.05. The van der Waals surface area contributed by atoms with Crippen LogP contribution in [0.15, 0.2) is 78.0 Å². The Kier molecular flexibility index (Phi) is 7.44. The number of benzene rings is 3. The van der Waals surface area contributed by atoms with Crippen molar-refractivity contribution in [2.45, 2.75) is 6.92 Å². The van der Waals surface area contributed by atoms with Gasteiger partial charge in [0.15, 0.2) is 18.1 Å². The summed E-state index contributed by atoms with van der Waals surface area (Å²) in [6.45, 7) is 2.27. The van der Waals surface area contributed by atoms with Gasteiger partial charge < -0.3 is 19.6 Å². The lowest BCUT2D eigenvalue weighted by atomic mass is 10.1. The molecule has 0 aromatic heterocycles. The van der Waals surface area contributed by atoms with Crippen LogP contribution in [0.4, 0.5) is 5.69 Å². The normalized spacial score (nSPS) is 10.6. The Bertz CT molecular complexity index is 986. The second kappa shape index (κ2) is 10.7. The summed E-state index contributed by atoms with van der Waals surface area (Å²) >= 11 is 0. The third-order valence-corrected chi connectivity index (χ3v) is 4.24. The Labute approximate surface area is 176 Å². The first-order chi connectivity index (χ1) is 14.7. The molecular formula is C24H24N2O4. The van der Waals surface area contributed by atoms with Crippen LogP contribution in [0.25, 0.3) is 11.1 Å². The second-order valence-electron chi connectivity index (χ2n) is 6.34. The van der Waals surface area contributed by atoms with Crippen LogP contribution < -0.4 is 14.8 Å². The van der Waals surface area contributed by atoms with E-state index in [0.29, 0.717) is 23.8 Å². The molecule has 0 aliphatic heterocycles. The van der Waals surface area contributed by atoms with Gasteiger partial charge in [-0.3, -0.25) is 4.79 Å². The maximum atomic E-state index is 12.0. The van der Waals surface area contributed by atoms with Crippen molar-refractivity contribution in [3.8, 4) is 22.6 Å². The maximum absolute atomic E-state index is 12.0. The Balaban J connectivity index is 1.49. The monoisotopic (exact) mass is 404 g/mol.